The van der Waals surface area contributed by atoms with Gasteiger partial charge in [0.15, 0.2) is 17.4 Å². The smallest absolute Gasteiger partial charge is 0.300 e. The quantitative estimate of drug-likeness (QED) is 0.405. The molecule has 0 aromatic carbocycles. The Labute approximate surface area is 122 Å². The molecule has 22 heavy (non-hydrogen) atoms. The Kier molecular flexibility index (Phi) is 3.48. The van der Waals surface area contributed by atoms with E-state index in [1.54, 1.807) is 0 Å². The summed E-state index contributed by atoms with van der Waals surface area (Å²) in [6.07, 6.45) is -4.80. The molecule has 2 aromatic heterocycles. The molecule has 11 heteroatoms. The molecular formula is C11H15N5O6. The van der Waals surface area contributed by atoms with Gasteiger partial charge in [0.05, 0.1) is 13.7 Å². The molecule has 1 fully saturated rings. The lowest BCUT2D eigenvalue weighted by molar-refractivity contribution is -0.0537. The number of fused-ring (bicyclic) bond motifs is 1. The first-order valence-corrected chi connectivity index (χ1v) is 6.42. The molecule has 0 amide bonds. The lowest BCUT2D eigenvalue weighted by Gasteiger charge is -2.18. The number of aromatic nitrogens is 4. The van der Waals surface area contributed by atoms with Gasteiger partial charge >= 0.3 is 6.01 Å². The Hall–Kier alpha value is -2.21. The highest BCUT2D eigenvalue weighted by molar-refractivity contribution is 5.72. The minimum absolute atomic E-state index is 0.0351. The molecule has 3 heterocycles. The highest BCUT2D eigenvalue weighted by Crippen LogP contribution is 2.34. The molecule has 0 unspecified atom stereocenters. The summed E-state index contributed by atoms with van der Waals surface area (Å²) in [5, 5.41) is 29.1. The second-order valence-corrected chi connectivity index (χ2v) is 4.82. The number of H-pyrrole nitrogens is 1. The first-order chi connectivity index (χ1) is 10.5. The molecule has 120 valence electrons. The van der Waals surface area contributed by atoms with Crippen LogP contribution in [0.15, 0.2) is 4.79 Å². The predicted octanol–water partition coefficient (Wildman–Crippen LogP) is -2.68. The van der Waals surface area contributed by atoms with E-state index in [1.807, 2.05) is 0 Å². The van der Waals surface area contributed by atoms with Gasteiger partial charge in [-0.2, -0.15) is 9.97 Å². The van der Waals surface area contributed by atoms with Crippen LogP contribution in [0.1, 0.15) is 6.23 Å². The van der Waals surface area contributed by atoms with Gasteiger partial charge < -0.3 is 30.5 Å². The van der Waals surface area contributed by atoms with Crippen LogP contribution in [0.4, 0.5) is 5.95 Å². The maximum atomic E-state index is 11.9. The number of nitrogens with zero attached hydrogens (tertiary/aromatic N) is 3. The number of anilines is 1. The maximum absolute atomic E-state index is 11.9. The van der Waals surface area contributed by atoms with E-state index in [2.05, 4.69) is 15.0 Å². The number of aliphatic hydroxyl groups excluding tert-OH is 3. The number of rotatable bonds is 3. The highest BCUT2D eigenvalue weighted by Gasteiger charge is 2.45. The zero-order chi connectivity index (χ0) is 16.0. The molecule has 0 saturated carbocycles. The molecule has 1 saturated heterocycles. The summed E-state index contributed by atoms with van der Waals surface area (Å²) in [6.45, 7) is -0.486. The van der Waals surface area contributed by atoms with Crippen LogP contribution in [0.3, 0.4) is 0 Å². The number of aliphatic hydroxyl groups is 3. The van der Waals surface area contributed by atoms with Crippen molar-refractivity contribution in [3.05, 3.63) is 10.4 Å². The molecule has 1 aliphatic heterocycles. The lowest BCUT2D eigenvalue weighted by Crippen LogP contribution is -2.33. The second kappa shape index (κ2) is 5.21. The van der Waals surface area contributed by atoms with E-state index in [9.17, 15) is 15.0 Å². The average Bonchev–Trinajstić information content (AvgIpc) is 2.98. The van der Waals surface area contributed by atoms with Crippen LogP contribution in [0, 0.1) is 0 Å². The molecular weight excluding hydrogens is 298 g/mol. The third kappa shape index (κ3) is 2.02. The molecule has 0 radical (unpaired) electrons. The van der Waals surface area contributed by atoms with Gasteiger partial charge in [-0.15, -0.1) is 0 Å². The molecule has 0 aliphatic carbocycles. The fraction of sp³-hybridized carbons (Fsp3) is 0.545. The summed E-state index contributed by atoms with van der Waals surface area (Å²) >= 11 is 0. The molecule has 6 N–H and O–H groups in total. The topological polar surface area (TPSA) is 169 Å². The van der Waals surface area contributed by atoms with Crippen LogP contribution in [0.5, 0.6) is 6.01 Å². The van der Waals surface area contributed by atoms with Gasteiger partial charge in [-0.05, 0) is 0 Å². The number of nitrogens with one attached hydrogen (secondary N) is 1. The van der Waals surface area contributed by atoms with Gasteiger partial charge in [-0.3, -0.25) is 9.78 Å². The fourth-order valence-corrected chi connectivity index (χ4v) is 2.45. The number of hydrogen-bond acceptors (Lipinski definition) is 9. The van der Waals surface area contributed by atoms with Crippen molar-refractivity contribution in [2.24, 2.45) is 0 Å². The number of nitrogens with two attached hydrogens (primary N) is 1. The van der Waals surface area contributed by atoms with E-state index < -0.39 is 36.7 Å². The number of ether oxygens (including phenoxy) is 2. The second-order valence-electron chi connectivity index (χ2n) is 4.82. The predicted molar refractivity (Wildman–Crippen MR) is 72.1 cm³/mol. The molecule has 4 atom stereocenters. The van der Waals surface area contributed by atoms with Crippen molar-refractivity contribution in [2.75, 3.05) is 19.5 Å². The number of hydrogen-bond donors (Lipinski definition) is 5. The highest BCUT2D eigenvalue weighted by atomic mass is 16.6. The van der Waals surface area contributed by atoms with Gasteiger partial charge in [-0.1, -0.05) is 0 Å². The van der Waals surface area contributed by atoms with E-state index in [4.69, 9.17) is 20.3 Å². The van der Waals surface area contributed by atoms with Crippen molar-refractivity contribution >= 4 is 17.1 Å². The number of aromatic amines is 1. The maximum Gasteiger partial charge on any atom is 0.300 e. The van der Waals surface area contributed by atoms with Crippen molar-refractivity contribution in [3.63, 3.8) is 0 Å². The average molecular weight is 313 g/mol. The summed E-state index contributed by atoms with van der Waals surface area (Å²) in [5.41, 5.74) is 4.92. The number of nitrogen functional groups attached to an aromatic ring is 1. The molecule has 1 aliphatic rings. The first kappa shape index (κ1) is 14.7. The van der Waals surface area contributed by atoms with Crippen LogP contribution in [-0.4, -0.2) is 66.9 Å². The van der Waals surface area contributed by atoms with Crippen molar-refractivity contribution < 1.29 is 24.8 Å². The van der Waals surface area contributed by atoms with Crippen LogP contribution < -0.4 is 16.0 Å². The van der Waals surface area contributed by atoms with Crippen LogP contribution >= 0.6 is 0 Å². The number of imidazole rings is 1. The van der Waals surface area contributed by atoms with Crippen LogP contribution in [0.25, 0.3) is 11.2 Å². The Bertz CT molecular complexity index is 757. The van der Waals surface area contributed by atoms with Crippen LogP contribution in [-0.2, 0) is 4.74 Å². The van der Waals surface area contributed by atoms with Crippen LogP contribution in [0.2, 0.25) is 0 Å². The van der Waals surface area contributed by atoms with Crippen molar-refractivity contribution in [3.8, 4) is 6.01 Å². The van der Waals surface area contributed by atoms with E-state index >= 15 is 0 Å². The summed E-state index contributed by atoms with van der Waals surface area (Å²) in [7, 11) is 1.32. The third-order valence-electron chi connectivity index (χ3n) is 3.49. The minimum Gasteiger partial charge on any atom is -0.468 e. The van der Waals surface area contributed by atoms with E-state index in [0.29, 0.717) is 0 Å². The Balaban J connectivity index is 2.20. The Morgan fingerprint density at radius 2 is 2.14 bits per heavy atom. The zero-order valence-electron chi connectivity index (χ0n) is 11.5. The Morgan fingerprint density at radius 1 is 1.41 bits per heavy atom. The van der Waals surface area contributed by atoms with Gasteiger partial charge in [0, 0.05) is 0 Å². The van der Waals surface area contributed by atoms with Gasteiger partial charge in [0.25, 0.3) is 5.56 Å². The monoisotopic (exact) mass is 313 g/mol. The molecule has 2 aromatic rings. The largest absolute Gasteiger partial charge is 0.468 e. The first-order valence-electron chi connectivity index (χ1n) is 6.42. The summed E-state index contributed by atoms with van der Waals surface area (Å²) < 4.78 is 11.7. The normalized spacial score (nSPS) is 28.4. The number of methoxy groups -OCH3 is 1. The molecule has 0 bridgehead atoms. The van der Waals surface area contributed by atoms with Gasteiger partial charge in [0.1, 0.15) is 18.3 Å². The van der Waals surface area contributed by atoms with Gasteiger partial charge in [0.2, 0.25) is 5.95 Å². The summed E-state index contributed by atoms with van der Waals surface area (Å²) in [5.74, 6) is -0.145. The van der Waals surface area contributed by atoms with E-state index in [0.717, 1.165) is 0 Å². The van der Waals surface area contributed by atoms with Crippen molar-refractivity contribution in [1.29, 1.82) is 0 Å². The van der Waals surface area contributed by atoms with Crippen molar-refractivity contribution in [1.82, 2.24) is 19.5 Å². The lowest BCUT2D eigenvalue weighted by atomic mass is 10.1. The Morgan fingerprint density at radius 3 is 2.73 bits per heavy atom. The summed E-state index contributed by atoms with van der Waals surface area (Å²) in [4.78, 5) is 22.1. The third-order valence-corrected chi connectivity index (χ3v) is 3.49. The molecule has 3 rings (SSSR count). The zero-order valence-corrected chi connectivity index (χ0v) is 11.5. The minimum atomic E-state index is -1.37. The molecule has 0 spiro atoms. The van der Waals surface area contributed by atoms with E-state index in [1.165, 1.54) is 11.7 Å². The summed E-state index contributed by atoms with van der Waals surface area (Å²) in [6, 6.07) is -0.0477. The fourth-order valence-electron chi connectivity index (χ4n) is 2.45. The SMILES string of the molecule is COc1nc2c(=O)[nH]c(N)nc2n1[C@@H]1O[C@H](CO)[C@H](O)[C@@H]1O. The standard InChI is InChI=1S/C11H15N5O6/c1-21-11-13-4-7(14-10(12)15-8(4)20)16(11)9-6(19)5(18)3(2-17)22-9/h3,5-6,9,17-19H,2H2,1H3,(H3,12,14,15,20)/t3-,5+,6+,9-/m1/s1. The van der Waals surface area contributed by atoms with Crippen molar-refractivity contribution in [2.45, 2.75) is 24.5 Å². The van der Waals surface area contributed by atoms with E-state index in [-0.39, 0.29) is 23.1 Å². The van der Waals surface area contributed by atoms with Gasteiger partial charge in [-0.25, -0.2) is 4.57 Å². The molecule has 11 nitrogen and oxygen atoms in total.